The predicted molar refractivity (Wildman–Crippen MR) is 131 cm³/mol. The Bertz CT molecular complexity index is 993. The zero-order valence-corrected chi connectivity index (χ0v) is 20.5. The normalized spacial score (nSPS) is 17.7. The van der Waals surface area contributed by atoms with E-state index >= 15 is 0 Å². The molecule has 2 aliphatic rings. The smallest absolute Gasteiger partial charge is 0.261 e. The second-order valence-electron chi connectivity index (χ2n) is 9.20. The highest BCUT2D eigenvalue weighted by atomic mass is 19.1. The van der Waals surface area contributed by atoms with Gasteiger partial charge in [0.05, 0.1) is 20.3 Å². The van der Waals surface area contributed by atoms with Gasteiger partial charge in [0.25, 0.3) is 5.91 Å². The SMILES string of the molecule is COc1cccc(OC)c1C(=O)N1CCN(C(C(=O)NCc2ccc(F)cc2)C2CCCC2)CC1. The van der Waals surface area contributed by atoms with E-state index in [1.807, 2.05) is 0 Å². The van der Waals surface area contributed by atoms with Gasteiger partial charge in [-0.05, 0) is 48.6 Å². The predicted octanol–water partition coefficient (Wildman–Crippen LogP) is 3.48. The monoisotopic (exact) mass is 483 g/mol. The first-order valence-electron chi connectivity index (χ1n) is 12.3. The Morgan fingerprint density at radius 3 is 2.14 bits per heavy atom. The van der Waals surface area contributed by atoms with Crippen molar-refractivity contribution in [2.24, 2.45) is 5.92 Å². The summed E-state index contributed by atoms with van der Waals surface area (Å²) < 4.78 is 24.0. The van der Waals surface area contributed by atoms with E-state index in [1.54, 1.807) is 49.5 Å². The van der Waals surface area contributed by atoms with Crippen LogP contribution < -0.4 is 14.8 Å². The maximum absolute atomic E-state index is 13.4. The van der Waals surface area contributed by atoms with Crippen molar-refractivity contribution in [2.45, 2.75) is 38.3 Å². The first-order chi connectivity index (χ1) is 17.0. The number of rotatable bonds is 8. The molecule has 0 aromatic heterocycles. The van der Waals surface area contributed by atoms with Gasteiger partial charge in [-0.25, -0.2) is 4.39 Å². The average molecular weight is 484 g/mol. The number of nitrogens with one attached hydrogen (secondary N) is 1. The number of benzene rings is 2. The topological polar surface area (TPSA) is 71.1 Å². The number of carbonyl (C=O) groups excluding carboxylic acids is 2. The van der Waals surface area contributed by atoms with Crippen molar-refractivity contribution < 1.29 is 23.5 Å². The molecule has 4 rings (SSSR count). The Kier molecular flexibility index (Phi) is 8.23. The zero-order chi connectivity index (χ0) is 24.8. The fourth-order valence-corrected chi connectivity index (χ4v) is 5.27. The molecule has 0 radical (unpaired) electrons. The van der Waals surface area contributed by atoms with Crippen molar-refractivity contribution in [2.75, 3.05) is 40.4 Å². The molecule has 2 aromatic carbocycles. The van der Waals surface area contributed by atoms with Gasteiger partial charge in [-0.1, -0.05) is 31.0 Å². The number of hydrogen-bond acceptors (Lipinski definition) is 5. The lowest BCUT2D eigenvalue weighted by atomic mass is 9.94. The van der Waals surface area contributed by atoms with Crippen LogP contribution in [0.1, 0.15) is 41.6 Å². The van der Waals surface area contributed by atoms with Crippen molar-refractivity contribution in [3.63, 3.8) is 0 Å². The lowest BCUT2D eigenvalue weighted by Crippen LogP contribution is -2.57. The van der Waals surface area contributed by atoms with Crippen molar-refractivity contribution in [1.82, 2.24) is 15.1 Å². The van der Waals surface area contributed by atoms with Crippen LogP contribution in [0.5, 0.6) is 11.5 Å². The van der Waals surface area contributed by atoms with Gasteiger partial charge in [-0.3, -0.25) is 14.5 Å². The van der Waals surface area contributed by atoms with E-state index in [0.717, 1.165) is 31.2 Å². The van der Waals surface area contributed by atoms with Crippen molar-refractivity contribution >= 4 is 11.8 Å². The molecule has 0 bridgehead atoms. The Morgan fingerprint density at radius 1 is 0.971 bits per heavy atom. The van der Waals surface area contributed by atoms with E-state index in [-0.39, 0.29) is 23.7 Å². The van der Waals surface area contributed by atoms with Gasteiger partial charge in [-0.15, -0.1) is 0 Å². The lowest BCUT2D eigenvalue weighted by Gasteiger charge is -2.41. The molecule has 1 saturated heterocycles. The minimum atomic E-state index is -0.290. The second kappa shape index (κ2) is 11.5. The molecule has 1 heterocycles. The highest BCUT2D eigenvalue weighted by Gasteiger charge is 2.37. The molecule has 1 saturated carbocycles. The maximum Gasteiger partial charge on any atom is 0.261 e. The fourth-order valence-electron chi connectivity index (χ4n) is 5.27. The van der Waals surface area contributed by atoms with Crippen molar-refractivity contribution in [3.8, 4) is 11.5 Å². The molecular weight excluding hydrogens is 449 g/mol. The number of piperazine rings is 1. The van der Waals surface area contributed by atoms with Gasteiger partial charge >= 0.3 is 0 Å². The third-order valence-corrected chi connectivity index (χ3v) is 7.13. The summed E-state index contributed by atoms with van der Waals surface area (Å²) in [7, 11) is 3.08. The minimum absolute atomic E-state index is 0.00685. The van der Waals surface area contributed by atoms with Gasteiger partial charge in [-0.2, -0.15) is 0 Å². The molecule has 35 heavy (non-hydrogen) atoms. The quantitative estimate of drug-likeness (QED) is 0.623. The first kappa shape index (κ1) is 25.0. The molecule has 8 heteroatoms. The van der Waals surface area contributed by atoms with Gasteiger partial charge in [0.15, 0.2) is 0 Å². The van der Waals surface area contributed by atoms with Crippen LogP contribution in [0.25, 0.3) is 0 Å². The Balaban J connectivity index is 1.42. The number of hydrogen-bond donors (Lipinski definition) is 1. The number of methoxy groups -OCH3 is 2. The van der Waals surface area contributed by atoms with Crippen LogP contribution in [0.15, 0.2) is 42.5 Å². The Morgan fingerprint density at radius 2 is 1.57 bits per heavy atom. The van der Waals surface area contributed by atoms with E-state index in [0.29, 0.717) is 55.7 Å². The largest absolute Gasteiger partial charge is 0.496 e. The molecule has 2 amide bonds. The van der Waals surface area contributed by atoms with Crippen LogP contribution in [-0.2, 0) is 11.3 Å². The lowest BCUT2D eigenvalue weighted by molar-refractivity contribution is -0.129. The summed E-state index contributed by atoms with van der Waals surface area (Å²) in [5, 5.41) is 3.07. The van der Waals surface area contributed by atoms with E-state index in [1.165, 1.54) is 12.1 Å². The zero-order valence-electron chi connectivity index (χ0n) is 20.5. The summed E-state index contributed by atoms with van der Waals surface area (Å²) in [5.74, 6) is 0.868. The third-order valence-electron chi connectivity index (χ3n) is 7.13. The van der Waals surface area contributed by atoms with Gasteiger partial charge in [0, 0.05) is 32.7 Å². The van der Waals surface area contributed by atoms with Gasteiger partial charge in [0.1, 0.15) is 22.9 Å². The number of nitrogens with zero attached hydrogens (tertiary/aromatic N) is 2. The molecule has 2 aromatic rings. The number of amides is 2. The van der Waals surface area contributed by atoms with Crippen LogP contribution in [0.3, 0.4) is 0 Å². The molecule has 7 nitrogen and oxygen atoms in total. The molecule has 188 valence electrons. The Labute approximate surface area is 206 Å². The number of carbonyl (C=O) groups is 2. The van der Waals surface area contributed by atoms with Gasteiger partial charge in [0.2, 0.25) is 5.91 Å². The number of ether oxygens (including phenoxy) is 2. The van der Waals surface area contributed by atoms with E-state index < -0.39 is 0 Å². The summed E-state index contributed by atoms with van der Waals surface area (Å²) in [6.45, 7) is 2.65. The van der Waals surface area contributed by atoms with Crippen LogP contribution in [-0.4, -0.2) is 68.1 Å². The standard InChI is InChI=1S/C27H34FN3O4/c1-34-22-8-5-9-23(35-2)24(22)27(33)31-16-14-30(15-17-31)25(20-6-3-4-7-20)26(32)29-18-19-10-12-21(28)13-11-19/h5,8-13,20,25H,3-4,6-7,14-18H2,1-2H3,(H,29,32). The fraction of sp³-hybridized carbons (Fsp3) is 0.481. The summed E-state index contributed by atoms with van der Waals surface area (Å²) in [5.41, 5.74) is 1.29. The van der Waals surface area contributed by atoms with Crippen LogP contribution in [0, 0.1) is 11.7 Å². The average Bonchev–Trinajstić information content (AvgIpc) is 3.42. The number of halogens is 1. The molecule has 0 spiro atoms. The third kappa shape index (κ3) is 5.75. The molecule has 1 unspecified atom stereocenters. The molecule has 1 atom stereocenters. The van der Waals surface area contributed by atoms with E-state index in [2.05, 4.69) is 10.2 Å². The summed E-state index contributed by atoms with van der Waals surface area (Å²) >= 11 is 0. The van der Waals surface area contributed by atoms with Crippen molar-refractivity contribution in [3.05, 3.63) is 59.4 Å². The Hall–Kier alpha value is -3.13. The second-order valence-corrected chi connectivity index (χ2v) is 9.20. The van der Waals surface area contributed by atoms with Crippen LogP contribution in [0.2, 0.25) is 0 Å². The first-order valence-corrected chi connectivity index (χ1v) is 12.3. The van der Waals surface area contributed by atoms with E-state index in [9.17, 15) is 14.0 Å². The molecule has 1 aliphatic heterocycles. The minimum Gasteiger partial charge on any atom is -0.496 e. The molecule has 1 aliphatic carbocycles. The highest BCUT2D eigenvalue weighted by molar-refractivity contribution is 5.99. The van der Waals surface area contributed by atoms with Crippen molar-refractivity contribution in [1.29, 1.82) is 0 Å². The molecule has 2 fully saturated rings. The summed E-state index contributed by atoms with van der Waals surface area (Å²) in [4.78, 5) is 30.7. The maximum atomic E-state index is 13.4. The summed E-state index contributed by atoms with van der Waals surface area (Å²) in [6.07, 6.45) is 4.34. The van der Waals surface area contributed by atoms with Gasteiger partial charge < -0.3 is 19.7 Å². The van der Waals surface area contributed by atoms with E-state index in [4.69, 9.17) is 9.47 Å². The van der Waals surface area contributed by atoms with Crippen LogP contribution in [0.4, 0.5) is 4.39 Å². The van der Waals surface area contributed by atoms with Crippen LogP contribution >= 0.6 is 0 Å². The molecular formula is C27H34FN3O4. The molecule has 1 N–H and O–H groups in total. The highest BCUT2D eigenvalue weighted by Crippen LogP contribution is 2.33. The summed E-state index contributed by atoms with van der Waals surface area (Å²) in [6, 6.07) is 11.3.